The van der Waals surface area contributed by atoms with E-state index in [1.54, 1.807) is 11.8 Å². The third kappa shape index (κ3) is 3.89. The number of nitrogens with zero attached hydrogens (tertiary/aromatic N) is 2. The molecule has 1 aromatic carbocycles. The van der Waals surface area contributed by atoms with Gasteiger partial charge in [-0.25, -0.2) is 4.79 Å². The van der Waals surface area contributed by atoms with Gasteiger partial charge in [-0.2, -0.15) is 0 Å². The lowest BCUT2D eigenvalue weighted by atomic mass is 10.1. The molecule has 1 saturated heterocycles. The van der Waals surface area contributed by atoms with Gasteiger partial charge < -0.3 is 19.6 Å². The van der Waals surface area contributed by atoms with Crippen LogP contribution in [-0.2, 0) is 4.74 Å². The number of benzene rings is 1. The Bertz CT molecular complexity index is 500. The molecule has 0 radical (unpaired) electrons. The minimum absolute atomic E-state index is 0.234. The van der Waals surface area contributed by atoms with Gasteiger partial charge in [0.15, 0.2) is 0 Å². The molecular formula is C15H21BrN2O3. The molecule has 0 saturated carbocycles. The topological polar surface area (TPSA) is 53.0 Å². The van der Waals surface area contributed by atoms with Crippen molar-refractivity contribution in [2.24, 2.45) is 0 Å². The molecule has 1 aromatic rings. The number of carbonyl (C=O) groups excluding carboxylic acids is 1. The van der Waals surface area contributed by atoms with E-state index in [1.165, 1.54) is 0 Å². The monoisotopic (exact) mass is 356 g/mol. The van der Waals surface area contributed by atoms with Gasteiger partial charge in [-0.1, -0.05) is 22.0 Å². The Labute approximate surface area is 133 Å². The van der Waals surface area contributed by atoms with Crippen molar-refractivity contribution in [1.29, 1.82) is 0 Å². The number of anilines is 1. The molecular weight excluding hydrogens is 336 g/mol. The highest BCUT2D eigenvalue weighted by Gasteiger charge is 2.22. The Morgan fingerprint density at radius 3 is 2.57 bits per heavy atom. The number of hydrogen-bond acceptors (Lipinski definition) is 4. The second-order valence-electron chi connectivity index (χ2n) is 5.05. The molecule has 1 fully saturated rings. The summed E-state index contributed by atoms with van der Waals surface area (Å²) in [6, 6.07) is 5.96. The van der Waals surface area contributed by atoms with Gasteiger partial charge in [0.1, 0.15) is 0 Å². The molecule has 0 bridgehead atoms. The number of piperazine rings is 1. The molecule has 1 heterocycles. The van der Waals surface area contributed by atoms with E-state index in [-0.39, 0.29) is 6.09 Å². The first-order valence-corrected chi connectivity index (χ1v) is 7.96. The fourth-order valence-corrected chi connectivity index (χ4v) is 3.11. The molecule has 5 nitrogen and oxygen atoms in total. The molecule has 0 aliphatic carbocycles. The van der Waals surface area contributed by atoms with E-state index >= 15 is 0 Å². The van der Waals surface area contributed by atoms with Crippen molar-refractivity contribution < 1.29 is 14.6 Å². The predicted octanol–water partition coefficient (Wildman–Crippen LogP) is 2.78. The maximum Gasteiger partial charge on any atom is 0.409 e. The number of carbonyl (C=O) groups is 1. The Kier molecular flexibility index (Phi) is 5.47. The summed E-state index contributed by atoms with van der Waals surface area (Å²) in [7, 11) is 0. The molecule has 6 heteroatoms. The lowest BCUT2D eigenvalue weighted by Crippen LogP contribution is -2.49. The average Bonchev–Trinajstić information content (AvgIpc) is 2.47. The number of halogens is 1. The Hall–Kier alpha value is -1.27. The third-order valence-electron chi connectivity index (χ3n) is 3.60. The van der Waals surface area contributed by atoms with Crippen LogP contribution in [0.1, 0.15) is 25.5 Å². The van der Waals surface area contributed by atoms with Crippen molar-refractivity contribution >= 4 is 27.7 Å². The van der Waals surface area contributed by atoms with Crippen LogP contribution in [0, 0.1) is 0 Å². The Balaban J connectivity index is 1.99. The maximum absolute atomic E-state index is 11.7. The second-order valence-corrected chi connectivity index (χ2v) is 5.91. The highest BCUT2D eigenvalue weighted by Crippen LogP contribution is 2.28. The quantitative estimate of drug-likeness (QED) is 0.904. The van der Waals surface area contributed by atoms with Crippen molar-refractivity contribution in [1.82, 2.24) is 4.90 Å². The standard InChI is InChI=1S/C15H21BrN2O3/c1-3-21-15(20)18-8-6-17(7-9-18)12-4-5-13(11(2)19)14(16)10-12/h4-5,10-11,19H,3,6-9H2,1-2H3. The summed E-state index contributed by atoms with van der Waals surface area (Å²) in [5.41, 5.74) is 1.97. The fraction of sp³-hybridized carbons (Fsp3) is 0.533. The van der Waals surface area contributed by atoms with Crippen molar-refractivity contribution in [3.8, 4) is 0 Å². The molecule has 21 heavy (non-hydrogen) atoms. The van der Waals surface area contributed by atoms with Crippen LogP contribution in [0.4, 0.5) is 10.5 Å². The Morgan fingerprint density at radius 1 is 1.38 bits per heavy atom. The van der Waals surface area contributed by atoms with E-state index < -0.39 is 6.10 Å². The van der Waals surface area contributed by atoms with Crippen LogP contribution in [0.25, 0.3) is 0 Å². The lowest BCUT2D eigenvalue weighted by Gasteiger charge is -2.35. The molecule has 116 valence electrons. The number of rotatable bonds is 3. The van der Waals surface area contributed by atoms with Crippen LogP contribution in [0.3, 0.4) is 0 Å². The molecule has 0 aromatic heterocycles. The predicted molar refractivity (Wildman–Crippen MR) is 85.6 cm³/mol. The van der Waals surface area contributed by atoms with Crippen molar-refractivity contribution in [2.45, 2.75) is 20.0 Å². The van der Waals surface area contributed by atoms with Gasteiger partial charge in [-0.05, 0) is 31.5 Å². The van der Waals surface area contributed by atoms with Crippen LogP contribution in [0.5, 0.6) is 0 Å². The molecule has 1 amide bonds. The number of aliphatic hydroxyl groups is 1. The molecule has 0 spiro atoms. The number of ether oxygens (including phenoxy) is 1. The molecule has 1 atom stereocenters. The van der Waals surface area contributed by atoms with Crippen LogP contribution in [-0.4, -0.2) is 48.9 Å². The van der Waals surface area contributed by atoms with Crippen LogP contribution in [0.2, 0.25) is 0 Å². The molecule has 1 N–H and O–H groups in total. The number of hydrogen-bond donors (Lipinski definition) is 1. The zero-order chi connectivity index (χ0) is 15.4. The van der Waals surface area contributed by atoms with Crippen LogP contribution >= 0.6 is 15.9 Å². The second kappa shape index (κ2) is 7.13. The summed E-state index contributed by atoms with van der Waals surface area (Å²) in [5.74, 6) is 0. The zero-order valence-corrected chi connectivity index (χ0v) is 14.0. The van der Waals surface area contributed by atoms with Gasteiger partial charge in [0.05, 0.1) is 12.7 Å². The average molecular weight is 357 g/mol. The van der Waals surface area contributed by atoms with Crippen molar-refractivity contribution in [3.63, 3.8) is 0 Å². The lowest BCUT2D eigenvalue weighted by molar-refractivity contribution is 0.105. The normalized spacial score (nSPS) is 16.8. The zero-order valence-electron chi connectivity index (χ0n) is 12.4. The number of aliphatic hydroxyl groups excluding tert-OH is 1. The Morgan fingerprint density at radius 2 is 2.05 bits per heavy atom. The summed E-state index contributed by atoms with van der Waals surface area (Å²) in [6.07, 6.45) is -0.725. The minimum Gasteiger partial charge on any atom is -0.450 e. The molecule has 1 unspecified atom stereocenters. The summed E-state index contributed by atoms with van der Waals surface area (Å²) >= 11 is 3.50. The van der Waals surface area contributed by atoms with Crippen LogP contribution in [0.15, 0.2) is 22.7 Å². The molecule has 1 aliphatic heterocycles. The van der Waals surface area contributed by atoms with Gasteiger partial charge in [0.2, 0.25) is 0 Å². The minimum atomic E-state index is -0.492. The van der Waals surface area contributed by atoms with Crippen molar-refractivity contribution in [3.05, 3.63) is 28.2 Å². The molecule has 2 rings (SSSR count). The van der Waals surface area contributed by atoms with Gasteiger partial charge in [0.25, 0.3) is 0 Å². The molecule has 1 aliphatic rings. The van der Waals surface area contributed by atoms with Gasteiger partial charge in [-0.15, -0.1) is 0 Å². The highest BCUT2D eigenvalue weighted by molar-refractivity contribution is 9.10. The van der Waals surface area contributed by atoms with E-state index in [0.29, 0.717) is 19.7 Å². The van der Waals surface area contributed by atoms with E-state index in [1.807, 2.05) is 25.1 Å². The third-order valence-corrected chi connectivity index (χ3v) is 4.29. The van der Waals surface area contributed by atoms with Gasteiger partial charge in [0, 0.05) is 36.3 Å². The summed E-state index contributed by atoms with van der Waals surface area (Å²) < 4.78 is 5.92. The first-order chi connectivity index (χ1) is 10.0. The maximum atomic E-state index is 11.7. The smallest absolute Gasteiger partial charge is 0.409 e. The summed E-state index contributed by atoms with van der Waals surface area (Å²) in [4.78, 5) is 15.6. The first-order valence-electron chi connectivity index (χ1n) is 7.17. The van der Waals surface area contributed by atoms with E-state index in [4.69, 9.17) is 4.74 Å². The number of amides is 1. The highest BCUT2D eigenvalue weighted by atomic mass is 79.9. The fourth-order valence-electron chi connectivity index (χ4n) is 2.41. The van der Waals surface area contributed by atoms with E-state index in [0.717, 1.165) is 28.8 Å². The summed E-state index contributed by atoms with van der Waals surface area (Å²) in [5, 5.41) is 9.65. The largest absolute Gasteiger partial charge is 0.450 e. The van der Waals surface area contributed by atoms with Crippen molar-refractivity contribution in [2.75, 3.05) is 37.7 Å². The first kappa shape index (κ1) is 16.1. The van der Waals surface area contributed by atoms with Gasteiger partial charge >= 0.3 is 6.09 Å². The van der Waals surface area contributed by atoms with E-state index in [2.05, 4.69) is 20.8 Å². The van der Waals surface area contributed by atoms with Gasteiger partial charge in [-0.3, -0.25) is 0 Å². The summed E-state index contributed by atoms with van der Waals surface area (Å²) in [6.45, 7) is 6.85. The SMILES string of the molecule is CCOC(=O)N1CCN(c2ccc(C(C)O)c(Br)c2)CC1. The van der Waals surface area contributed by atoms with E-state index in [9.17, 15) is 9.90 Å². The van der Waals surface area contributed by atoms with Crippen LogP contribution < -0.4 is 4.90 Å².